The first-order chi connectivity index (χ1) is 16.5. The second-order valence-corrected chi connectivity index (χ2v) is 8.37. The maximum absolute atomic E-state index is 12.7. The van der Waals surface area contributed by atoms with Crippen LogP contribution < -0.4 is 15.4 Å². The van der Waals surface area contributed by atoms with Crippen molar-refractivity contribution < 1.29 is 13.9 Å². The van der Waals surface area contributed by atoms with Crippen molar-refractivity contribution in [2.24, 2.45) is 0 Å². The van der Waals surface area contributed by atoms with Gasteiger partial charge >= 0.3 is 0 Å². The van der Waals surface area contributed by atoms with Crippen molar-refractivity contribution in [1.29, 1.82) is 5.26 Å². The first-order valence-corrected chi connectivity index (χ1v) is 11.4. The van der Waals surface area contributed by atoms with Gasteiger partial charge in [0.05, 0.1) is 18.9 Å². The Morgan fingerprint density at radius 1 is 1.32 bits per heavy atom. The summed E-state index contributed by atoms with van der Waals surface area (Å²) in [5, 5.41) is 17.2. The lowest BCUT2D eigenvalue weighted by atomic mass is 10.0. The number of carbonyl (C=O) groups excluding carboxylic acids is 1. The third kappa shape index (κ3) is 5.05. The Kier molecular flexibility index (Phi) is 7.14. The van der Waals surface area contributed by atoms with Gasteiger partial charge in [0.1, 0.15) is 12.0 Å². The molecule has 8 nitrogen and oxygen atoms in total. The van der Waals surface area contributed by atoms with Gasteiger partial charge in [-0.15, -0.1) is 0 Å². The SMILES string of the molecule is C=C(C#N)CNc1c(OC)ccc2ccc(-c3nc(C(=O)NC4CCN(CC)CC4)co3)cc12. The molecule has 8 heteroatoms. The van der Waals surface area contributed by atoms with E-state index in [-0.39, 0.29) is 17.6 Å². The Morgan fingerprint density at radius 2 is 2.09 bits per heavy atom. The number of piperidine rings is 1. The highest BCUT2D eigenvalue weighted by atomic mass is 16.5. The first kappa shape index (κ1) is 23.3. The van der Waals surface area contributed by atoms with Crippen molar-refractivity contribution in [3.05, 3.63) is 54.4 Å². The maximum atomic E-state index is 12.7. The number of nitriles is 1. The minimum Gasteiger partial charge on any atom is -0.495 e. The highest BCUT2D eigenvalue weighted by molar-refractivity contribution is 5.99. The third-order valence-electron chi connectivity index (χ3n) is 6.19. The van der Waals surface area contributed by atoms with Gasteiger partial charge in [0, 0.05) is 42.2 Å². The summed E-state index contributed by atoms with van der Waals surface area (Å²) in [5.41, 5.74) is 2.17. The molecule has 0 spiro atoms. The Hall–Kier alpha value is -3.83. The quantitative estimate of drug-likeness (QED) is 0.486. The molecule has 1 amide bonds. The Morgan fingerprint density at radius 3 is 2.79 bits per heavy atom. The molecule has 3 aromatic rings. The number of likely N-dealkylation sites (tertiary alicyclic amines) is 1. The van der Waals surface area contributed by atoms with Crippen LogP contribution in [0.2, 0.25) is 0 Å². The van der Waals surface area contributed by atoms with Crippen molar-refractivity contribution in [3.63, 3.8) is 0 Å². The number of nitrogens with one attached hydrogen (secondary N) is 2. The number of hydrogen-bond acceptors (Lipinski definition) is 7. The molecular weight excluding hydrogens is 430 g/mol. The van der Waals surface area contributed by atoms with Crippen molar-refractivity contribution in [1.82, 2.24) is 15.2 Å². The van der Waals surface area contributed by atoms with Gasteiger partial charge in [-0.2, -0.15) is 5.26 Å². The number of hydrogen-bond donors (Lipinski definition) is 2. The van der Waals surface area contributed by atoms with E-state index in [2.05, 4.69) is 34.0 Å². The van der Waals surface area contributed by atoms with Gasteiger partial charge < -0.3 is 24.7 Å². The number of rotatable bonds is 8. The first-order valence-electron chi connectivity index (χ1n) is 11.4. The van der Waals surface area contributed by atoms with Crippen LogP contribution in [0.3, 0.4) is 0 Å². The molecule has 1 aromatic heterocycles. The molecule has 1 aliphatic rings. The zero-order valence-corrected chi connectivity index (χ0v) is 19.6. The van der Waals surface area contributed by atoms with Crippen LogP contribution in [-0.2, 0) is 0 Å². The molecule has 1 fully saturated rings. The fourth-order valence-electron chi connectivity index (χ4n) is 4.18. The number of ether oxygens (including phenoxy) is 1. The number of oxazole rings is 1. The van der Waals surface area contributed by atoms with Gasteiger partial charge in [-0.3, -0.25) is 4.79 Å². The van der Waals surface area contributed by atoms with Gasteiger partial charge in [0.2, 0.25) is 5.89 Å². The molecule has 1 saturated heterocycles. The van der Waals surface area contributed by atoms with Crippen LogP contribution in [0, 0.1) is 11.3 Å². The molecule has 176 valence electrons. The van der Waals surface area contributed by atoms with E-state index in [9.17, 15) is 4.79 Å². The summed E-state index contributed by atoms with van der Waals surface area (Å²) in [5.74, 6) is 0.796. The van der Waals surface area contributed by atoms with E-state index >= 15 is 0 Å². The van der Waals surface area contributed by atoms with Gasteiger partial charge in [-0.25, -0.2) is 4.98 Å². The summed E-state index contributed by atoms with van der Waals surface area (Å²) in [4.78, 5) is 19.6. The van der Waals surface area contributed by atoms with E-state index in [1.54, 1.807) is 7.11 Å². The minimum absolute atomic E-state index is 0.153. The van der Waals surface area contributed by atoms with Crippen molar-refractivity contribution in [2.45, 2.75) is 25.8 Å². The molecule has 2 aromatic carbocycles. The molecule has 4 rings (SSSR count). The number of nitrogens with zero attached hydrogens (tertiary/aromatic N) is 3. The molecule has 0 bridgehead atoms. The van der Waals surface area contributed by atoms with E-state index in [4.69, 9.17) is 14.4 Å². The normalized spacial score (nSPS) is 14.5. The summed E-state index contributed by atoms with van der Waals surface area (Å²) in [6, 6.07) is 11.8. The number of carbonyl (C=O) groups is 1. The molecule has 1 aliphatic heterocycles. The van der Waals surface area contributed by atoms with Crippen LogP contribution in [0.5, 0.6) is 5.75 Å². The molecule has 0 radical (unpaired) electrons. The summed E-state index contributed by atoms with van der Waals surface area (Å²) in [7, 11) is 1.60. The minimum atomic E-state index is -0.218. The lowest BCUT2D eigenvalue weighted by molar-refractivity contribution is 0.0907. The molecule has 2 heterocycles. The lowest BCUT2D eigenvalue weighted by Crippen LogP contribution is -2.44. The highest BCUT2D eigenvalue weighted by Gasteiger charge is 2.22. The number of aromatic nitrogens is 1. The number of fused-ring (bicyclic) bond motifs is 1. The standard InChI is InChI=1S/C26H29N5O3/c1-4-31-11-9-20(10-12-31)29-25(32)22-16-34-26(30-22)19-6-5-18-7-8-23(33-3)24(21(18)13-19)28-15-17(2)14-27/h5-8,13,16,20,28H,2,4,9-12,15H2,1,3H3,(H,29,32). The van der Waals surface area contributed by atoms with Gasteiger partial charge in [-0.1, -0.05) is 25.6 Å². The van der Waals surface area contributed by atoms with E-state index in [1.165, 1.54) is 6.26 Å². The van der Waals surface area contributed by atoms with Crippen LogP contribution in [0.1, 0.15) is 30.3 Å². The van der Waals surface area contributed by atoms with E-state index in [0.717, 1.165) is 54.5 Å². The largest absolute Gasteiger partial charge is 0.495 e. The second-order valence-electron chi connectivity index (χ2n) is 8.37. The fraction of sp³-hybridized carbons (Fsp3) is 0.346. The van der Waals surface area contributed by atoms with Crippen LogP contribution in [0.4, 0.5) is 5.69 Å². The Labute approximate surface area is 199 Å². The monoisotopic (exact) mass is 459 g/mol. The molecule has 2 N–H and O–H groups in total. The predicted molar refractivity (Wildman–Crippen MR) is 132 cm³/mol. The molecule has 0 atom stereocenters. The molecule has 0 saturated carbocycles. The summed E-state index contributed by atoms with van der Waals surface area (Å²) < 4.78 is 11.2. The summed E-state index contributed by atoms with van der Waals surface area (Å²) >= 11 is 0. The summed E-state index contributed by atoms with van der Waals surface area (Å²) in [6.45, 7) is 9.20. The average Bonchev–Trinajstić information content (AvgIpc) is 3.37. The third-order valence-corrected chi connectivity index (χ3v) is 6.19. The van der Waals surface area contributed by atoms with Crippen LogP contribution in [0.25, 0.3) is 22.2 Å². The Balaban J connectivity index is 1.55. The van der Waals surface area contributed by atoms with Crippen LogP contribution in [-0.4, -0.2) is 55.1 Å². The number of anilines is 1. The molecule has 34 heavy (non-hydrogen) atoms. The average molecular weight is 460 g/mol. The van der Waals surface area contributed by atoms with E-state index < -0.39 is 0 Å². The van der Waals surface area contributed by atoms with Crippen molar-refractivity contribution >= 4 is 22.4 Å². The summed E-state index contributed by atoms with van der Waals surface area (Å²) in [6.07, 6.45) is 3.27. The van der Waals surface area contributed by atoms with Gasteiger partial charge in [0.15, 0.2) is 5.69 Å². The van der Waals surface area contributed by atoms with Gasteiger partial charge in [0.25, 0.3) is 5.91 Å². The highest BCUT2D eigenvalue weighted by Crippen LogP contribution is 2.35. The van der Waals surface area contributed by atoms with Gasteiger partial charge in [-0.05, 0) is 43.0 Å². The van der Waals surface area contributed by atoms with Crippen molar-refractivity contribution in [3.8, 4) is 23.3 Å². The van der Waals surface area contributed by atoms with Crippen molar-refractivity contribution in [2.75, 3.05) is 38.6 Å². The molecule has 0 aliphatic carbocycles. The zero-order chi connectivity index (χ0) is 24.1. The maximum Gasteiger partial charge on any atom is 0.273 e. The zero-order valence-electron chi connectivity index (χ0n) is 19.6. The van der Waals surface area contributed by atoms with Crippen LogP contribution in [0.15, 0.2) is 53.2 Å². The van der Waals surface area contributed by atoms with E-state index in [0.29, 0.717) is 23.8 Å². The molecular formula is C26H29N5O3. The number of amides is 1. The smallest absolute Gasteiger partial charge is 0.273 e. The fourth-order valence-corrected chi connectivity index (χ4v) is 4.18. The number of methoxy groups -OCH3 is 1. The van der Waals surface area contributed by atoms with Crippen LogP contribution >= 0.6 is 0 Å². The predicted octanol–water partition coefficient (Wildman–Crippen LogP) is 4.21. The van der Waals surface area contributed by atoms with E-state index in [1.807, 2.05) is 36.4 Å². The topological polar surface area (TPSA) is 103 Å². The second kappa shape index (κ2) is 10.4. The molecule has 0 unspecified atom stereocenters. The lowest BCUT2D eigenvalue weighted by Gasteiger charge is -2.31. The number of benzene rings is 2. The Bertz CT molecular complexity index is 1230.